The largest absolute Gasteiger partial charge is 0.448 e. The maximum Gasteiger partial charge on any atom is 0.409 e. The number of carbonyl (C=O) groups is 1. The standard InChI is InChI=1S/C6H12N2O2/c1-5(7)4-8-2-3-10-6(8)9/h5H,2-4,7H2,1H3/t5-/m1/s1. The van der Waals surface area contributed by atoms with E-state index in [2.05, 4.69) is 0 Å². The Kier molecular flexibility index (Phi) is 2.11. The highest BCUT2D eigenvalue weighted by atomic mass is 16.6. The lowest BCUT2D eigenvalue weighted by Crippen LogP contribution is -2.35. The van der Waals surface area contributed by atoms with Crippen molar-refractivity contribution in [3.63, 3.8) is 0 Å². The van der Waals surface area contributed by atoms with Gasteiger partial charge in [-0.2, -0.15) is 0 Å². The fourth-order valence-electron chi connectivity index (χ4n) is 0.939. The molecular formula is C6H12N2O2. The molecule has 1 rings (SSSR count). The van der Waals surface area contributed by atoms with Crippen LogP contribution in [-0.2, 0) is 4.74 Å². The Morgan fingerprint density at radius 2 is 2.60 bits per heavy atom. The normalized spacial score (nSPS) is 21.0. The number of nitrogens with zero attached hydrogens (tertiary/aromatic N) is 1. The molecule has 0 saturated carbocycles. The van der Waals surface area contributed by atoms with Gasteiger partial charge in [-0.3, -0.25) is 0 Å². The molecule has 0 aliphatic carbocycles. The lowest BCUT2D eigenvalue weighted by molar-refractivity contribution is 0.157. The van der Waals surface area contributed by atoms with Gasteiger partial charge in [0.05, 0.1) is 6.54 Å². The lowest BCUT2D eigenvalue weighted by atomic mass is 10.3. The van der Waals surface area contributed by atoms with Gasteiger partial charge in [-0.1, -0.05) is 0 Å². The Bertz CT molecular complexity index is 136. The van der Waals surface area contributed by atoms with Crippen molar-refractivity contribution in [2.45, 2.75) is 13.0 Å². The number of rotatable bonds is 2. The van der Waals surface area contributed by atoms with Crippen molar-refractivity contribution in [3.05, 3.63) is 0 Å². The summed E-state index contributed by atoms with van der Waals surface area (Å²) in [4.78, 5) is 12.4. The summed E-state index contributed by atoms with van der Waals surface area (Å²) in [5, 5.41) is 0. The van der Waals surface area contributed by atoms with Gasteiger partial charge < -0.3 is 15.4 Å². The SMILES string of the molecule is C[C@@H](N)CN1CCOC1=O. The molecule has 1 saturated heterocycles. The first kappa shape index (κ1) is 7.34. The zero-order valence-electron chi connectivity index (χ0n) is 6.04. The van der Waals surface area contributed by atoms with Gasteiger partial charge in [-0.15, -0.1) is 0 Å². The minimum atomic E-state index is -0.239. The van der Waals surface area contributed by atoms with Crippen molar-refractivity contribution < 1.29 is 9.53 Å². The Labute approximate surface area is 59.9 Å². The Morgan fingerprint density at radius 3 is 3.00 bits per heavy atom. The van der Waals surface area contributed by atoms with E-state index in [0.717, 1.165) is 0 Å². The molecule has 0 radical (unpaired) electrons. The quantitative estimate of drug-likeness (QED) is 0.583. The van der Waals surface area contributed by atoms with Crippen LogP contribution in [-0.4, -0.2) is 36.7 Å². The smallest absolute Gasteiger partial charge is 0.409 e. The highest BCUT2D eigenvalue weighted by molar-refractivity contribution is 5.69. The molecule has 4 heteroatoms. The third-order valence-corrected chi connectivity index (χ3v) is 1.35. The van der Waals surface area contributed by atoms with Crippen LogP contribution in [0.15, 0.2) is 0 Å². The summed E-state index contributed by atoms with van der Waals surface area (Å²) in [6, 6.07) is 0.0330. The molecule has 0 spiro atoms. The number of nitrogens with two attached hydrogens (primary N) is 1. The fraction of sp³-hybridized carbons (Fsp3) is 0.833. The minimum absolute atomic E-state index is 0.0330. The molecule has 1 heterocycles. The van der Waals surface area contributed by atoms with Crippen LogP contribution in [0.3, 0.4) is 0 Å². The predicted molar refractivity (Wildman–Crippen MR) is 36.6 cm³/mol. The third-order valence-electron chi connectivity index (χ3n) is 1.35. The van der Waals surface area contributed by atoms with E-state index in [-0.39, 0.29) is 12.1 Å². The summed E-state index contributed by atoms with van der Waals surface area (Å²) in [5.41, 5.74) is 5.48. The van der Waals surface area contributed by atoms with E-state index in [4.69, 9.17) is 10.5 Å². The van der Waals surface area contributed by atoms with E-state index in [1.807, 2.05) is 6.92 Å². The number of ether oxygens (including phenoxy) is 1. The van der Waals surface area contributed by atoms with Crippen LogP contribution in [0.25, 0.3) is 0 Å². The average Bonchev–Trinajstić information content (AvgIpc) is 2.15. The first-order valence-electron chi connectivity index (χ1n) is 3.37. The molecule has 1 fully saturated rings. The van der Waals surface area contributed by atoms with Crippen LogP contribution in [0.4, 0.5) is 4.79 Å². The fourth-order valence-corrected chi connectivity index (χ4v) is 0.939. The molecule has 0 aromatic carbocycles. The number of hydrogen-bond acceptors (Lipinski definition) is 3. The van der Waals surface area contributed by atoms with Gasteiger partial charge in [-0.25, -0.2) is 4.79 Å². The summed E-state index contributed by atoms with van der Waals surface area (Å²) in [5.74, 6) is 0. The Hall–Kier alpha value is -0.770. The first-order valence-corrected chi connectivity index (χ1v) is 3.37. The second-order valence-electron chi connectivity index (χ2n) is 2.54. The zero-order chi connectivity index (χ0) is 7.56. The van der Waals surface area contributed by atoms with Gasteiger partial charge in [0.1, 0.15) is 6.61 Å². The lowest BCUT2D eigenvalue weighted by Gasteiger charge is -2.14. The molecule has 0 aromatic rings. The van der Waals surface area contributed by atoms with Crippen LogP contribution in [0.5, 0.6) is 0 Å². The maximum absolute atomic E-state index is 10.8. The van der Waals surface area contributed by atoms with Crippen LogP contribution in [0.2, 0.25) is 0 Å². The van der Waals surface area contributed by atoms with Gasteiger partial charge in [0, 0.05) is 12.6 Å². The summed E-state index contributed by atoms with van der Waals surface area (Å²) in [7, 11) is 0. The van der Waals surface area contributed by atoms with Crippen molar-refractivity contribution in [3.8, 4) is 0 Å². The Morgan fingerprint density at radius 1 is 1.90 bits per heavy atom. The predicted octanol–water partition coefficient (Wildman–Crippen LogP) is -0.214. The number of cyclic esters (lactones) is 1. The van der Waals surface area contributed by atoms with Crippen molar-refractivity contribution in [1.29, 1.82) is 0 Å². The summed E-state index contributed by atoms with van der Waals surface area (Å²) < 4.78 is 4.70. The van der Waals surface area contributed by atoms with E-state index in [9.17, 15) is 4.79 Å². The maximum atomic E-state index is 10.8. The average molecular weight is 144 g/mol. The molecule has 0 aromatic heterocycles. The third kappa shape index (κ3) is 1.60. The van der Waals surface area contributed by atoms with Crippen LogP contribution in [0.1, 0.15) is 6.92 Å². The molecule has 1 amide bonds. The molecule has 10 heavy (non-hydrogen) atoms. The molecule has 4 nitrogen and oxygen atoms in total. The number of amides is 1. The van der Waals surface area contributed by atoms with Crippen LogP contribution >= 0.6 is 0 Å². The second-order valence-corrected chi connectivity index (χ2v) is 2.54. The topological polar surface area (TPSA) is 55.6 Å². The van der Waals surface area contributed by atoms with Gasteiger partial charge >= 0.3 is 6.09 Å². The molecule has 1 aliphatic heterocycles. The van der Waals surface area contributed by atoms with Gasteiger partial charge in [0.15, 0.2) is 0 Å². The van der Waals surface area contributed by atoms with E-state index < -0.39 is 0 Å². The zero-order valence-corrected chi connectivity index (χ0v) is 6.04. The summed E-state index contributed by atoms with van der Waals surface area (Å²) in [6.07, 6.45) is -0.239. The molecular weight excluding hydrogens is 132 g/mol. The molecule has 2 N–H and O–H groups in total. The van der Waals surface area contributed by atoms with Crippen molar-refractivity contribution >= 4 is 6.09 Å². The molecule has 0 bridgehead atoms. The Balaban J connectivity index is 2.33. The minimum Gasteiger partial charge on any atom is -0.448 e. The highest BCUT2D eigenvalue weighted by Crippen LogP contribution is 2.02. The summed E-state index contributed by atoms with van der Waals surface area (Å²) in [6.45, 7) is 3.65. The van der Waals surface area contributed by atoms with Crippen molar-refractivity contribution in [2.24, 2.45) is 5.73 Å². The van der Waals surface area contributed by atoms with Gasteiger partial charge in [0.25, 0.3) is 0 Å². The van der Waals surface area contributed by atoms with Crippen LogP contribution < -0.4 is 5.73 Å². The summed E-state index contributed by atoms with van der Waals surface area (Å²) >= 11 is 0. The molecule has 0 unspecified atom stereocenters. The van der Waals surface area contributed by atoms with Gasteiger partial charge in [-0.05, 0) is 6.92 Å². The van der Waals surface area contributed by atoms with Gasteiger partial charge in [0.2, 0.25) is 0 Å². The molecule has 1 atom stereocenters. The van der Waals surface area contributed by atoms with Crippen molar-refractivity contribution in [2.75, 3.05) is 19.7 Å². The number of hydrogen-bond donors (Lipinski definition) is 1. The van der Waals surface area contributed by atoms with E-state index in [1.165, 1.54) is 0 Å². The number of carbonyl (C=O) groups excluding carboxylic acids is 1. The monoisotopic (exact) mass is 144 g/mol. The first-order chi connectivity index (χ1) is 4.70. The molecule has 1 aliphatic rings. The van der Waals surface area contributed by atoms with Crippen molar-refractivity contribution in [1.82, 2.24) is 4.90 Å². The highest BCUT2D eigenvalue weighted by Gasteiger charge is 2.21. The van der Waals surface area contributed by atoms with E-state index in [1.54, 1.807) is 4.90 Å². The molecule has 58 valence electrons. The van der Waals surface area contributed by atoms with E-state index >= 15 is 0 Å². The van der Waals surface area contributed by atoms with Crippen LogP contribution in [0, 0.1) is 0 Å². The second kappa shape index (κ2) is 2.88. The van der Waals surface area contributed by atoms with E-state index in [0.29, 0.717) is 19.7 Å².